The van der Waals surface area contributed by atoms with Gasteiger partial charge < -0.3 is 16.4 Å². The van der Waals surface area contributed by atoms with Gasteiger partial charge in [-0.1, -0.05) is 24.3 Å². The van der Waals surface area contributed by atoms with Crippen molar-refractivity contribution in [3.8, 4) is 0 Å². The van der Waals surface area contributed by atoms with Gasteiger partial charge in [-0.05, 0) is 48.6 Å². The molecule has 4 nitrogen and oxygen atoms in total. The maximum absolute atomic E-state index is 12.7. The van der Waals surface area contributed by atoms with E-state index in [4.69, 9.17) is 5.73 Å². The first kappa shape index (κ1) is 13.2. The summed E-state index contributed by atoms with van der Waals surface area (Å²) in [5.41, 5.74) is 10.4. The molecule has 4 rings (SSSR count). The number of nitrogen functional groups attached to an aromatic ring is 1. The van der Waals surface area contributed by atoms with Crippen LogP contribution < -0.4 is 16.4 Å². The highest BCUT2D eigenvalue weighted by atomic mass is 16.1. The molecule has 0 atom stereocenters. The van der Waals surface area contributed by atoms with Crippen molar-refractivity contribution in [2.75, 3.05) is 17.6 Å². The SMILES string of the molecule is Nc1ccc(C2(NC(=O)c3cccc4c3NCC4)CC2)cc1. The fourth-order valence-corrected chi connectivity index (χ4v) is 3.23. The maximum Gasteiger partial charge on any atom is 0.254 e. The number of hydrogen-bond acceptors (Lipinski definition) is 3. The number of nitrogens with one attached hydrogen (secondary N) is 2. The lowest BCUT2D eigenvalue weighted by Gasteiger charge is -2.19. The van der Waals surface area contributed by atoms with E-state index in [0.717, 1.165) is 48.3 Å². The molecule has 2 aliphatic rings. The molecule has 0 aromatic heterocycles. The van der Waals surface area contributed by atoms with Crippen LogP contribution in [0.3, 0.4) is 0 Å². The van der Waals surface area contributed by atoms with Gasteiger partial charge in [0.2, 0.25) is 0 Å². The van der Waals surface area contributed by atoms with E-state index in [0.29, 0.717) is 0 Å². The van der Waals surface area contributed by atoms with E-state index < -0.39 is 0 Å². The van der Waals surface area contributed by atoms with Crippen LogP contribution in [0.1, 0.15) is 34.3 Å². The van der Waals surface area contributed by atoms with Gasteiger partial charge in [-0.2, -0.15) is 0 Å². The van der Waals surface area contributed by atoms with Crippen LogP contribution in [0.5, 0.6) is 0 Å². The van der Waals surface area contributed by atoms with Crippen LogP contribution in [0, 0.1) is 0 Å². The van der Waals surface area contributed by atoms with Crippen LogP contribution in [-0.2, 0) is 12.0 Å². The molecule has 0 spiro atoms. The standard InChI is InChI=1S/C18H19N3O/c19-14-6-4-13(5-7-14)18(9-10-18)21-17(22)15-3-1-2-12-8-11-20-16(12)15/h1-7,20H,8-11,19H2,(H,21,22). The molecular weight excluding hydrogens is 274 g/mol. The van der Waals surface area contributed by atoms with E-state index in [1.54, 1.807) is 0 Å². The molecule has 22 heavy (non-hydrogen) atoms. The minimum atomic E-state index is -0.216. The van der Waals surface area contributed by atoms with Crippen LogP contribution in [0.25, 0.3) is 0 Å². The van der Waals surface area contributed by atoms with Gasteiger partial charge in [0, 0.05) is 12.2 Å². The number of hydrogen-bond donors (Lipinski definition) is 3. The second-order valence-corrected chi connectivity index (χ2v) is 6.17. The molecule has 1 aliphatic heterocycles. The second-order valence-electron chi connectivity index (χ2n) is 6.17. The van der Waals surface area contributed by atoms with Crippen molar-refractivity contribution < 1.29 is 4.79 Å². The van der Waals surface area contributed by atoms with Gasteiger partial charge in [0.05, 0.1) is 16.8 Å². The van der Waals surface area contributed by atoms with Crippen molar-refractivity contribution in [1.29, 1.82) is 0 Å². The predicted molar refractivity (Wildman–Crippen MR) is 87.9 cm³/mol. The molecule has 2 aromatic carbocycles. The summed E-state index contributed by atoms with van der Waals surface area (Å²) in [5.74, 6) is 0.000532. The molecule has 1 heterocycles. The summed E-state index contributed by atoms with van der Waals surface area (Å²) >= 11 is 0. The lowest BCUT2D eigenvalue weighted by Crippen LogP contribution is -2.35. The average Bonchev–Trinajstić information content (AvgIpc) is 3.13. The number of rotatable bonds is 3. The summed E-state index contributed by atoms with van der Waals surface area (Å²) in [6.07, 6.45) is 2.94. The van der Waals surface area contributed by atoms with Crippen LogP contribution in [0.2, 0.25) is 0 Å². The van der Waals surface area contributed by atoms with Crippen LogP contribution in [-0.4, -0.2) is 12.5 Å². The number of fused-ring (bicyclic) bond motifs is 1. The fourth-order valence-electron chi connectivity index (χ4n) is 3.23. The molecule has 2 aromatic rings. The second kappa shape index (κ2) is 4.77. The molecule has 1 fully saturated rings. The first-order valence-electron chi connectivity index (χ1n) is 7.72. The third kappa shape index (κ3) is 2.11. The van der Waals surface area contributed by atoms with Gasteiger partial charge >= 0.3 is 0 Å². The first-order valence-corrected chi connectivity index (χ1v) is 7.72. The van der Waals surface area contributed by atoms with Crippen LogP contribution >= 0.6 is 0 Å². The lowest BCUT2D eigenvalue weighted by molar-refractivity contribution is 0.0931. The Morgan fingerprint density at radius 1 is 1.14 bits per heavy atom. The minimum Gasteiger partial charge on any atom is -0.399 e. The first-order chi connectivity index (χ1) is 10.7. The summed E-state index contributed by atoms with van der Waals surface area (Å²) in [6.45, 7) is 0.905. The van der Waals surface area contributed by atoms with Gasteiger partial charge in [0.25, 0.3) is 5.91 Å². The normalized spacial score (nSPS) is 17.5. The third-order valence-corrected chi connectivity index (χ3v) is 4.66. The Balaban J connectivity index is 1.60. The average molecular weight is 293 g/mol. The number of benzene rings is 2. The third-order valence-electron chi connectivity index (χ3n) is 4.66. The largest absolute Gasteiger partial charge is 0.399 e. The Morgan fingerprint density at radius 3 is 2.64 bits per heavy atom. The molecule has 1 saturated carbocycles. The Morgan fingerprint density at radius 2 is 1.91 bits per heavy atom. The van der Waals surface area contributed by atoms with Crippen LogP contribution in [0.15, 0.2) is 42.5 Å². The van der Waals surface area contributed by atoms with Gasteiger partial charge in [0.15, 0.2) is 0 Å². The summed E-state index contributed by atoms with van der Waals surface area (Å²) in [6, 6.07) is 13.7. The number of amides is 1. The molecule has 0 radical (unpaired) electrons. The zero-order chi connectivity index (χ0) is 15.2. The Kier molecular flexibility index (Phi) is 2.86. The van der Waals surface area contributed by atoms with Crippen molar-refractivity contribution in [3.05, 3.63) is 59.2 Å². The van der Waals surface area contributed by atoms with Crippen molar-refractivity contribution in [1.82, 2.24) is 5.32 Å². The number of carbonyl (C=O) groups is 1. The molecule has 1 amide bonds. The zero-order valence-electron chi connectivity index (χ0n) is 12.4. The smallest absolute Gasteiger partial charge is 0.254 e. The van der Waals surface area contributed by atoms with Crippen LogP contribution in [0.4, 0.5) is 11.4 Å². The van der Waals surface area contributed by atoms with Gasteiger partial charge in [-0.15, -0.1) is 0 Å². The predicted octanol–water partition coefficient (Wildman–Crippen LogP) is 2.66. The number of nitrogens with two attached hydrogens (primary N) is 1. The number of anilines is 2. The molecule has 4 heteroatoms. The van der Waals surface area contributed by atoms with Crippen molar-refractivity contribution >= 4 is 17.3 Å². The van der Waals surface area contributed by atoms with E-state index in [-0.39, 0.29) is 11.4 Å². The highest BCUT2D eigenvalue weighted by molar-refractivity contribution is 6.01. The highest BCUT2D eigenvalue weighted by Crippen LogP contribution is 2.46. The molecule has 0 saturated heterocycles. The topological polar surface area (TPSA) is 67.1 Å². The van der Waals surface area contributed by atoms with E-state index in [2.05, 4.69) is 16.7 Å². The van der Waals surface area contributed by atoms with E-state index in [9.17, 15) is 4.79 Å². The molecule has 0 bridgehead atoms. The Labute approximate surface area is 129 Å². The van der Waals surface area contributed by atoms with Gasteiger partial charge in [-0.25, -0.2) is 0 Å². The molecule has 0 unspecified atom stereocenters. The quantitative estimate of drug-likeness (QED) is 0.762. The lowest BCUT2D eigenvalue weighted by atomic mass is 10.0. The molecular formula is C18H19N3O. The monoisotopic (exact) mass is 293 g/mol. The summed E-state index contributed by atoms with van der Waals surface area (Å²) in [7, 11) is 0. The fraction of sp³-hybridized carbons (Fsp3) is 0.278. The van der Waals surface area contributed by atoms with Gasteiger partial charge in [0.1, 0.15) is 0 Å². The highest BCUT2D eigenvalue weighted by Gasteiger charge is 2.46. The molecule has 4 N–H and O–H groups in total. The summed E-state index contributed by atoms with van der Waals surface area (Å²) in [5, 5.41) is 6.56. The number of para-hydroxylation sites is 1. The minimum absolute atomic E-state index is 0.000532. The van der Waals surface area contributed by atoms with Crippen molar-refractivity contribution in [2.45, 2.75) is 24.8 Å². The zero-order valence-corrected chi connectivity index (χ0v) is 12.4. The molecule has 1 aliphatic carbocycles. The van der Waals surface area contributed by atoms with Gasteiger partial charge in [-0.3, -0.25) is 4.79 Å². The number of carbonyl (C=O) groups excluding carboxylic acids is 1. The Bertz CT molecular complexity index is 732. The van der Waals surface area contributed by atoms with E-state index >= 15 is 0 Å². The van der Waals surface area contributed by atoms with E-state index in [1.807, 2.05) is 36.4 Å². The summed E-state index contributed by atoms with van der Waals surface area (Å²) < 4.78 is 0. The van der Waals surface area contributed by atoms with Crippen molar-refractivity contribution in [2.24, 2.45) is 0 Å². The summed E-state index contributed by atoms with van der Waals surface area (Å²) in [4.78, 5) is 12.7. The maximum atomic E-state index is 12.7. The van der Waals surface area contributed by atoms with E-state index in [1.165, 1.54) is 5.56 Å². The Hall–Kier alpha value is -2.49. The molecule has 112 valence electrons. The van der Waals surface area contributed by atoms with Crippen molar-refractivity contribution in [3.63, 3.8) is 0 Å².